The second-order valence-corrected chi connectivity index (χ2v) is 3.95. The summed E-state index contributed by atoms with van der Waals surface area (Å²) in [6.45, 7) is 0.279. The zero-order valence-electron chi connectivity index (χ0n) is 8.96. The van der Waals surface area contributed by atoms with E-state index in [0.29, 0.717) is 17.7 Å². The number of carbonyl (C=O) groups excluding carboxylic acids is 1. The normalized spacial score (nSPS) is 9.35. The molecule has 1 aromatic carbocycles. The van der Waals surface area contributed by atoms with Crippen LogP contribution >= 0.6 is 11.8 Å². The molecule has 0 spiro atoms. The molecule has 0 amide bonds. The van der Waals surface area contributed by atoms with Gasteiger partial charge in [0.15, 0.2) is 0 Å². The molecular weight excluding hydrogens is 240 g/mol. The Hall–Kier alpha value is -1.87. The SMILES string of the molecule is N#CSCCCOC(=O)c1ccc(N=O)cc1. The summed E-state index contributed by atoms with van der Waals surface area (Å²) in [6.07, 6.45) is 0.637. The minimum absolute atomic E-state index is 0.270. The van der Waals surface area contributed by atoms with E-state index in [4.69, 9.17) is 10.00 Å². The van der Waals surface area contributed by atoms with Crippen LogP contribution in [-0.2, 0) is 4.74 Å². The molecule has 0 radical (unpaired) electrons. The number of hydrogen-bond acceptors (Lipinski definition) is 6. The van der Waals surface area contributed by atoms with Crippen LogP contribution in [0.2, 0.25) is 0 Å². The number of rotatable bonds is 6. The average molecular weight is 250 g/mol. The van der Waals surface area contributed by atoms with E-state index in [1.54, 1.807) is 0 Å². The minimum atomic E-state index is -0.440. The van der Waals surface area contributed by atoms with E-state index >= 15 is 0 Å². The number of thioether (sulfide) groups is 1. The van der Waals surface area contributed by atoms with Crippen molar-refractivity contribution < 1.29 is 9.53 Å². The minimum Gasteiger partial charge on any atom is -0.462 e. The molecule has 17 heavy (non-hydrogen) atoms. The van der Waals surface area contributed by atoms with Crippen LogP contribution < -0.4 is 0 Å². The van der Waals surface area contributed by atoms with E-state index < -0.39 is 5.97 Å². The summed E-state index contributed by atoms with van der Waals surface area (Å²) in [5, 5.41) is 12.9. The maximum absolute atomic E-state index is 11.5. The smallest absolute Gasteiger partial charge is 0.338 e. The van der Waals surface area contributed by atoms with Gasteiger partial charge in [-0.2, -0.15) is 5.26 Å². The molecule has 1 aromatic rings. The first kappa shape index (κ1) is 13.2. The predicted octanol–water partition coefficient (Wildman–Crippen LogP) is 2.85. The Morgan fingerprint density at radius 3 is 2.71 bits per heavy atom. The van der Waals surface area contributed by atoms with Crippen LogP contribution in [0.3, 0.4) is 0 Å². The zero-order chi connectivity index (χ0) is 12.5. The van der Waals surface area contributed by atoms with Gasteiger partial charge in [-0.05, 0) is 47.6 Å². The number of carbonyl (C=O) groups is 1. The van der Waals surface area contributed by atoms with E-state index in [0.717, 1.165) is 11.8 Å². The topological polar surface area (TPSA) is 79.5 Å². The summed E-state index contributed by atoms with van der Waals surface area (Å²) in [6, 6.07) is 5.89. The molecule has 0 aromatic heterocycles. The van der Waals surface area contributed by atoms with Crippen LogP contribution in [0.15, 0.2) is 29.4 Å². The molecule has 0 aliphatic carbocycles. The van der Waals surface area contributed by atoms with Gasteiger partial charge in [-0.1, -0.05) is 0 Å². The van der Waals surface area contributed by atoms with E-state index in [1.165, 1.54) is 24.3 Å². The molecule has 0 heterocycles. The highest BCUT2D eigenvalue weighted by atomic mass is 32.2. The number of ether oxygens (including phenoxy) is 1. The average Bonchev–Trinajstić information content (AvgIpc) is 2.38. The molecule has 0 bridgehead atoms. The zero-order valence-corrected chi connectivity index (χ0v) is 9.77. The molecule has 0 aliphatic heterocycles. The standard InChI is InChI=1S/C11H10N2O3S/c12-8-17-7-1-6-16-11(14)9-2-4-10(13-15)5-3-9/h2-5H,1,6-7H2. The van der Waals surface area contributed by atoms with Gasteiger partial charge in [-0.3, -0.25) is 0 Å². The van der Waals surface area contributed by atoms with Crippen molar-refractivity contribution in [2.45, 2.75) is 6.42 Å². The summed E-state index contributed by atoms with van der Waals surface area (Å²) < 4.78 is 4.98. The number of hydrogen-bond donors (Lipinski definition) is 0. The number of nitroso groups, excluding NO2 is 1. The first-order valence-corrected chi connectivity index (χ1v) is 5.88. The highest BCUT2D eigenvalue weighted by Gasteiger charge is 2.06. The summed E-state index contributed by atoms with van der Waals surface area (Å²) in [5.74, 6) is 0.196. The molecule has 0 fully saturated rings. The lowest BCUT2D eigenvalue weighted by Gasteiger charge is -2.03. The van der Waals surface area contributed by atoms with E-state index in [9.17, 15) is 9.70 Å². The fraction of sp³-hybridized carbons (Fsp3) is 0.273. The molecule has 0 saturated carbocycles. The molecule has 0 aliphatic rings. The monoisotopic (exact) mass is 250 g/mol. The molecule has 0 N–H and O–H groups in total. The molecule has 88 valence electrons. The lowest BCUT2D eigenvalue weighted by Crippen LogP contribution is -2.06. The van der Waals surface area contributed by atoms with Crippen LogP contribution in [-0.4, -0.2) is 18.3 Å². The maximum atomic E-state index is 11.5. The van der Waals surface area contributed by atoms with Gasteiger partial charge in [0.05, 0.1) is 12.2 Å². The molecule has 0 atom stereocenters. The number of benzene rings is 1. The summed E-state index contributed by atoms with van der Waals surface area (Å²) in [7, 11) is 0. The maximum Gasteiger partial charge on any atom is 0.338 e. The van der Waals surface area contributed by atoms with Crippen LogP contribution in [0.4, 0.5) is 5.69 Å². The number of esters is 1. The second-order valence-electron chi connectivity index (χ2n) is 3.07. The van der Waals surface area contributed by atoms with Gasteiger partial charge in [0.1, 0.15) is 11.1 Å². The Morgan fingerprint density at radius 2 is 2.12 bits per heavy atom. The van der Waals surface area contributed by atoms with E-state index in [-0.39, 0.29) is 12.3 Å². The van der Waals surface area contributed by atoms with Crippen molar-refractivity contribution in [1.29, 1.82) is 5.26 Å². The van der Waals surface area contributed by atoms with Crippen molar-refractivity contribution >= 4 is 23.4 Å². The fourth-order valence-corrected chi connectivity index (χ4v) is 1.44. The Morgan fingerprint density at radius 1 is 1.41 bits per heavy atom. The molecule has 6 heteroatoms. The van der Waals surface area contributed by atoms with Crippen LogP contribution in [0.1, 0.15) is 16.8 Å². The second kappa shape index (κ2) is 7.41. The Bertz CT molecular complexity index is 425. The molecular formula is C11H10N2O3S. The van der Waals surface area contributed by atoms with Crippen molar-refractivity contribution in [1.82, 2.24) is 0 Å². The lowest BCUT2D eigenvalue weighted by atomic mass is 10.2. The van der Waals surface area contributed by atoms with Crippen molar-refractivity contribution in [3.05, 3.63) is 34.7 Å². The number of thiocyanates is 1. The summed E-state index contributed by atoms with van der Waals surface area (Å²) >= 11 is 1.13. The molecule has 0 saturated heterocycles. The Kier molecular flexibility index (Phi) is 5.75. The van der Waals surface area contributed by atoms with Crippen LogP contribution in [0, 0.1) is 15.6 Å². The van der Waals surface area contributed by atoms with E-state index in [2.05, 4.69) is 5.18 Å². The van der Waals surface area contributed by atoms with Crippen LogP contribution in [0.25, 0.3) is 0 Å². The summed E-state index contributed by atoms with van der Waals surface area (Å²) in [4.78, 5) is 21.6. The van der Waals surface area contributed by atoms with Crippen molar-refractivity contribution in [2.75, 3.05) is 12.4 Å². The first-order chi connectivity index (χ1) is 8.27. The predicted molar refractivity (Wildman–Crippen MR) is 64.9 cm³/mol. The van der Waals surface area contributed by atoms with Gasteiger partial charge in [0.25, 0.3) is 0 Å². The quantitative estimate of drug-likeness (QED) is 0.335. The molecule has 0 unspecified atom stereocenters. The van der Waals surface area contributed by atoms with Gasteiger partial charge in [-0.15, -0.1) is 4.91 Å². The Labute approximate surface area is 103 Å². The molecule has 5 nitrogen and oxygen atoms in total. The highest BCUT2D eigenvalue weighted by Crippen LogP contribution is 2.13. The number of nitriles is 1. The third-order valence-electron chi connectivity index (χ3n) is 1.90. The Balaban J connectivity index is 2.36. The van der Waals surface area contributed by atoms with E-state index in [1.807, 2.05) is 5.40 Å². The van der Waals surface area contributed by atoms with Crippen molar-refractivity contribution in [3.63, 3.8) is 0 Å². The van der Waals surface area contributed by atoms with Gasteiger partial charge >= 0.3 is 5.97 Å². The van der Waals surface area contributed by atoms with Crippen LogP contribution in [0.5, 0.6) is 0 Å². The number of nitrogens with zero attached hydrogens (tertiary/aromatic N) is 2. The van der Waals surface area contributed by atoms with Gasteiger partial charge in [0.2, 0.25) is 0 Å². The van der Waals surface area contributed by atoms with Gasteiger partial charge in [0, 0.05) is 5.75 Å². The summed E-state index contributed by atoms with van der Waals surface area (Å²) in [5.41, 5.74) is 0.650. The van der Waals surface area contributed by atoms with Gasteiger partial charge in [-0.25, -0.2) is 4.79 Å². The van der Waals surface area contributed by atoms with Crippen molar-refractivity contribution in [2.24, 2.45) is 5.18 Å². The lowest BCUT2D eigenvalue weighted by molar-refractivity contribution is 0.0506. The molecule has 1 rings (SSSR count). The largest absolute Gasteiger partial charge is 0.462 e. The highest BCUT2D eigenvalue weighted by molar-refractivity contribution is 8.03. The first-order valence-electron chi connectivity index (χ1n) is 4.89. The fourth-order valence-electron chi connectivity index (χ4n) is 1.08. The van der Waals surface area contributed by atoms with Gasteiger partial charge < -0.3 is 4.74 Å². The third-order valence-corrected chi connectivity index (χ3v) is 2.52. The third kappa shape index (κ3) is 4.66. The van der Waals surface area contributed by atoms with Crippen molar-refractivity contribution in [3.8, 4) is 5.40 Å².